The molecule has 2 rings (SSSR count). The van der Waals surface area contributed by atoms with E-state index in [-0.39, 0.29) is 11.4 Å². The Morgan fingerprint density at radius 2 is 2.10 bits per heavy atom. The number of pyridine rings is 1. The average molecular weight is 287 g/mol. The molecule has 0 saturated carbocycles. The van der Waals surface area contributed by atoms with Crippen molar-refractivity contribution < 1.29 is 9.21 Å². The van der Waals surface area contributed by atoms with Gasteiger partial charge in [0.05, 0.1) is 0 Å². The zero-order valence-corrected chi connectivity index (χ0v) is 13.2. The van der Waals surface area contributed by atoms with Crippen LogP contribution in [0.4, 0.5) is 0 Å². The molecule has 2 aromatic rings. The predicted molar refractivity (Wildman–Crippen MR) is 80.9 cm³/mol. The van der Waals surface area contributed by atoms with Crippen molar-refractivity contribution in [3.05, 3.63) is 36.0 Å². The Hall–Kier alpha value is -2.17. The molecule has 0 N–H and O–H groups in total. The SMILES string of the molecule is CCN(C(=O)c1coc(-c2ccnc(C)c2)n1)C(C)(C)C. The van der Waals surface area contributed by atoms with Gasteiger partial charge in [-0.15, -0.1) is 0 Å². The van der Waals surface area contributed by atoms with Crippen molar-refractivity contribution >= 4 is 5.91 Å². The van der Waals surface area contributed by atoms with Crippen LogP contribution in [0.5, 0.6) is 0 Å². The number of aromatic nitrogens is 2. The molecular weight excluding hydrogens is 266 g/mol. The number of amides is 1. The van der Waals surface area contributed by atoms with E-state index in [0.717, 1.165) is 11.3 Å². The fourth-order valence-corrected chi connectivity index (χ4v) is 2.24. The largest absolute Gasteiger partial charge is 0.444 e. The summed E-state index contributed by atoms with van der Waals surface area (Å²) in [4.78, 5) is 22.8. The van der Waals surface area contributed by atoms with E-state index in [1.54, 1.807) is 11.1 Å². The van der Waals surface area contributed by atoms with Gasteiger partial charge in [-0.25, -0.2) is 4.98 Å². The molecule has 0 atom stereocenters. The summed E-state index contributed by atoms with van der Waals surface area (Å²) in [6, 6.07) is 3.69. The minimum Gasteiger partial charge on any atom is -0.444 e. The second-order valence-electron chi connectivity index (χ2n) is 5.94. The van der Waals surface area contributed by atoms with E-state index in [1.807, 2.05) is 46.8 Å². The maximum atomic E-state index is 12.5. The minimum atomic E-state index is -0.252. The summed E-state index contributed by atoms with van der Waals surface area (Å²) in [5.41, 5.74) is 1.78. The first-order valence-electron chi connectivity index (χ1n) is 7.03. The summed E-state index contributed by atoms with van der Waals surface area (Å²) in [5.74, 6) is 0.319. The number of carbonyl (C=O) groups is 1. The van der Waals surface area contributed by atoms with Crippen LogP contribution in [-0.4, -0.2) is 32.9 Å². The number of nitrogens with zero attached hydrogens (tertiary/aromatic N) is 3. The third kappa shape index (κ3) is 3.29. The van der Waals surface area contributed by atoms with Crippen molar-refractivity contribution in [2.75, 3.05) is 6.54 Å². The summed E-state index contributed by atoms with van der Waals surface area (Å²) < 4.78 is 5.45. The lowest BCUT2D eigenvalue weighted by Crippen LogP contribution is -2.45. The summed E-state index contributed by atoms with van der Waals surface area (Å²) in [5, 5.41) is 0. The minimum absolute atomic E-state index is 0.120. The molecule has 0 unspecified atom stereocenters. The van der Waals surface area contributed by atoms with Gasteiger partial charge < -0.3 is 9.32 Å². The average Bonchev–Trinajstić information content (AvgIpc) is 2.87. The van der Waals surface area contributed by atoms with Crippen molar-refractivity contribution in [2.45, 2.75) is 40.2 Å². The van der Waals surface area contributed by atoms with Gasteiger partial charge in [0.2, 0.25) is 5.89 Å². The first kappa shape index (κ1) is 15.2. The number of hydrogen-bond donors (Lipinski definition) is 0. The second kappa shape index (κ2) is 5.68. The summed E-state index contributed by atoms with van der Waals surface area (Å²) in [6.07, 6.45) is 3.12. The standard InChI is InChI=1S/C16H21N3O2/c1-6-19(16(3,4)5)15(20)13-10-21-14(18-13)12-7-8-17-11(2)9-12/h7-10H,6H2,1-5H3. The number of carbonyl (C=O) groups excluding carboxylic acids is 1. The van der Waals surface area contributed by atoms with E-state index in [9.17, 15) is 4.79 Å². The third-order valence-corrected chi connectivity index (χ3v) is 3.24. The Kier molecular flexibility index (Phi) is 4.11. The van der Waals surface area contributed by atoms with Crippen LogP contribution in [0.3, 0.4) is 0 Å². The van der Waals surface area contributed by atoms with E-state index in [0.29, 0.717) is 18.1 Å². The molecule has 5 heteroatoms. The molecule has 0 aliphatic rings. The lowest BCUT2D eigenvalue weighted by atomic mass is 10.1. The molecule has 0 bridgehead atoms. The number of rotatable bonds is 3. The van der Waals surface area contributed by atoms with Crippen LogP contribution in [0.25, 0.3) is 11.5 Å². The highest BCUT2D eigenvalue weighted by atomic mass is 16.3. The normalized spacial score (nSPS) is 11.5. The Bertz CT molecular complexity index is 641. The third-order valence-electron chi connectivity index (χ3n) is 3.24. The van der Waals surface area contributed by atoms with Crippen molar-refractivity contribution in [3.63, 3.8) is 0 Å². The summed E-state index contributed by atoms with van der Waals surface area (Å²) in [6.45, 7) is 10.5. The maximum absolute atomic E-state index is 12.5. The van der Waals surface area contributed by atoms with Gasteiger partial charge in [-0.1, -0.05) is 0 Å². The van der Waals surface area contributed by atoms with Gasteiger partial charge in [0.15, 0.2) is 5.69 Å². The van der Waals surface area contributed by atoms with Crippen LogP contribution in [0.15, 0.2) is 29.0 Å². The van der Waals surface area contributed by atoms with Crippen LogP contribution < -0.4 is 0 Å². The molecule has 0 aromatic carbocycles. The fourth-order valence-electron chi connectivity index (χ4n) is 2.24. The zero-order valence-electron chi connectivity index (χ0n) is 13.2. The van der Waals surface area contributed by atoms with Crippen LogP contribution in [0.1, 0.15) is 43.9 Å². The molecule has 5 nitrogen and oxygen atoms in total. The predicted octanol–water partition coefficient (Wildman–Crippen LogP) is 3.31. The highest BCUT2D eigenvalue weighted by Gasteiger charge is 2.28. The second-order valence-corrected chi connectivity index (χ2v) is 5.94. The zero-order chi connectivity index (χ0) is 15.6. The molecule has 2 aromatic heterocycles. The van der Waals surface area contributed by atoms with Crippen LogP contribution in [-0.2, 0) is 0 Å². The van der Waals surface area contributed by atoms with Crippen LogP contribution in [0, 0.1) is 6.92 Å². The van der Waals surface area contributed by atoms with Crippen LogP contribution in [0.2, 0.25) is 0 Å². The molecule has 1 amide bonds. The fraction of sp³-hybridized carbons (Fsp3) is 0.438. The highest BCUT2D eigenvalue weighted by Crippen LogP contribution is 2.21. The van der Waals surface area contributed by atoms with Gasteiger partial charge in [-0.05, 0) is 46.8 Å². The molecule has 112 valence electrons. The number of oxazole rings is 1. The van der Waals surface area contributed by atoms with Gasteiger partial charge in [-0.2, -0.15) is 0 Å². The summed E-state index contributed by atoms with van der Waals surface area (Å²) >= 11 is 0. The van der Waals surface area contributed by atoms with Crippen LogP contribution >= 0.6 is 0 Å². The van der Waals surface area contributed by atoms with E-state index >= 15 is 0 Å². The lowest BCUT2D eigenvalue weighted by molar-refractivity contribution is 0.0592. The molecule has 0 spiro atoms. The molecule has 0 aliphatic heterocycles. The Labute approximate surface area is 125 Å². The van der Waals surface area contributed by atoms with Crippen molar-refractivity contribution in [1.29, 1.82) is 0 Å². The van der Waals surface area contributed by atoms with Crippen molar-refractivity contribution in [1.82, 2.24) is 14.9 Å². The van der Waals surface area contributed by atoms with Gasteiger partial charge in [-0.3, -0.25) is 9.78 Å². The molecule has 0 radical (unpaired) electrons. The van der Waals surface area contributed by atoms with E-state index in [4.69, 9.17) is 4.42 Å². The van der Waals surface area contributed by atoms with Crippen molar-refractivity contribution in [3.8, 4) is 11.5 Å². The number of aryl methyl sites for hydroxylation is 1. The Morgan fingerprint density at radius 1 is 1.38 bits per heavy atom. The first-order valence-corrected chi connectivity index (χ1v) is 7.03. The van der Waals surface area contributed by atoms with Gasteiger partial charge >= 0.3 is 0 Å². The van der Waals surface area contributed by atoms with Crippen molar-refractivity contribution in [2.24, 2.45) is 0 Å². The molecule has 0 aliphatic carbocycles. The smallest absolute Gasteiger partial charge is 0.276 e. The van der Waals surface area contributed by atoms with Gasteiger partial charge in [0.1, 0.15) is 6.26 Å². The lowest BCUT2D eigenvalue weighted by Gasteiger charge is -2.34. The molecule has 21 heavy (non-hydrogen) atoms. The topological polar surface area (TPSA) is 59.2 Å². The van der Waals surface area contributed by atoms with E-state index in [1.165, 1.54) is 6.26 Å². The first-order chi connectivity index (χ1) is 9.82. The summed E-state index contributed by atoms with van der Waals surface area (Å²) in [7, 11) is 0. The maximum Gasteiger partial charge on any atom is 0.276 e. The van der Waals surface area contributed by atoms with E-state index in [2.05, 4.69) is 9.97 Å². The number of hydrogen-bond acceptors (Lipinski definition) is 4. The highest BCUT2D eigenvalue weighted by molar-refractivity contribution is 5.93. The van der Waals surface area contributed by atoms with Gasteiger partial charge in [0.25, 0.3) is 5.91 Å². The Morgan fingerprint density at radius 3 is 2.67 bits per heavy atom. The Balaban J connectivity index is 2.29. The monoisotopic (exact) mass is 287 g/mol. The molecule has 2 heterocycles. The molecule has 0 saturated heterocycles. The quantitative estimate of drug-likeness (QED) is 0.869. The molecule has 0 fully saturated rings. The molecular formula is C16H21N3O2. The van der Waals surface area contributed by atoms with Gasteiger partial charge in [0, 0.05) is 29.5 Å². The van der Waals surface area contributed by atoms with E-state index < -0.39 is 0 Å².